The highest BCUT2D eigenvalue weighted by molar-refractivity contribution is 5.98. The first kappa shape index (κ1) is 29.0. The number of nitrogens with zero attached hydrogens (tertiary/aromatic N) is 2. The van der Waals surface area contributed by atoms with Gasteiger partial charge in [0.2, 0.25) is 0 Å². The number of hydrogen-bond donors (Lipinski definition) is 1. The molecule has 0 bridgehead atoms. The Kier molecular flexibility index (Phi) is 8.16. The standard InChI is InChI=1S/C33H24F3N3O4/c1-41-30-16-27-28(17-31(30)42-2)38-19-22(18-37)32(27)39-24-9-11-25(12-10-24)43-26-8-3-5-20(13-26)14-29(40)21-6-4-7-23(15-21)33(34,35)36/h3-13,15-17,19H,14H2,1-2H3,(H,38,39). The van der Waals surface area contributed by atoms with Crippen LogP contribution < -0.4 is 19.5 Å². The minimum atomic E-state index is -4.53. The van der Waals surface area contributed by atoms with Gasteiger partial charge in [-0.2, -0.15) is 18.4 Å². The van der Waals surface area contributed by atoms with Crippen molar-refractivity contribution >= 4 is 28.1 Å². The predicted molar refractivity (Wildman–Crippen MR) is 155 cm³/mol. The predicted octanol–water partition coefficient (Wildman–Crippen LogP) is 8.10. The number of methoxy groups -OCH3 is 2. The highest BCUT2D eigenvalue weighted by atomic mass is 19.4. The molecule has 0 aliphatic carbocycles. The molecule has 1 heterocycles. The Labute approximate surface area is 245 Å². The fraction of sp³-hybridized carbons (Fsp3) is 0.121. The highest BCUT2D eigenvalue weighted by Gasteiger charge is 2.30. The van der Waals surface area contributed by atoms with E-state index in [4.69, 9.17) is 14.2 Å². The van der Waals surface area contributed by atoms with Crippen molar-refractivity contribution in [3.8, 4) is 29.1 Å². The van der Waals surface area contributed by atoms with Crippen LogP contribution in [0.2, 0.25) is 0 Å². The first-order valence-corrected chi connectivity index (χ1v) is 13.0. The summed E-state index contributed by atoms with van der Waals surface area (Å²) in [6.45, 7) is 0. The van der Waals surface area contributed by atoms with Crippen molar-refractivity contribution in [3.63, 3.8) is 0 Å². The number of ether oxygens (including phenoxy) is 3. The maximum absolute atomic E-state index is 13.0. The summed E-state index contributed by atoms with van der Waals surface area (Å²) in [4.78, 5) is 17.1. The molecule has 5 aromatic rings. The molecule has 0 aliphatic heterocycles. The maximum atomic E-state index is 13.0. The minimum absolute atomic E-state index is 0.0108. The molecule has 0 unspecified atom stereocenters. The Bertz CT molecular complexity index is 1850. The van der Waals surface area contributed by atoms with Crippen LogP contribution in [0.15, 0.2) is 91.1 Å². The number of carbonyl (C=O) groups is 1. The number of nitriles is 1. The number of ketones is 1. The monoisotopic (exact) mass is 583 g/mol. The second-order valence-corrected chi connectivity index (χ2v) is 9.46. The smallest absolute Gasteiger partial charge is 0.416 e. The Balaban J connectivity index is 1.31. The second-order valence-electron chi connectivity index (χ2n) is 9.46. The van der Waals surface area contributed by atoms with Gasteiger partial charge in [-0.05, 0) is 60.2 Å². The normalized spacial score (nSPS) is 11.1. The lowest BCUT2D eigenvalue weighted by Gasteiger charge is -2.15. The van der Waals surface area contributed by atoms with Crippen LogP contribution in [0.25, 0.3) is 10.9 Å². The van der Waals surface area contributed by atoms with Gasteiger partial charge < -0.3 is 19.5 Å². The molecule has 0 atom stereocenters. The number of hydrogen-bond acceptors (Lipinski definition) is 7. The van der Waals surface area contributed by atoms with Gasteiger partial charge in [-0.3, -0.25) is 9.78 Å². The number of fused-ring (bicyclic) bond motifs is 1. The number of alkyl halides is 3. The van der Waals surface area contributed by atoms with Gasteiger partial charge in [-0.25, -0.2) is 0 Å². The second kappa shape index (κ2) is 12.1. The molecule has 43 heavy (non-hydrogen) atoms. The molecule has 0 saturated carbocycles. The fourth-order valence-electron chi connectivity index (χ4n) is 4.50. The molecule has 5 rings (SSSR count). The summed E-state index contributed by atoms with van der Waals surface area (Å²) in [6, 6.07) is 23.9. The number of aromatic nitrogens is 1. The van der Waals surface area contributed by atoms with Crippen LogP contribution in [0.3, 0.4) is 0 Å². The van der Waals surface area contributed by atoms with E-state index >= 15 is 0 Å². The van der Waals surface area contributed by atoms with Gasteiger partial charge in [0.1, 0.15) is 17.6 Å². The zero-order valence-corrected chi connectivity index (χ0v) is 23.0. The lowest BCUT2D eigenvalue weighted by molar-refractivity contribution is -0.137. The van der Waals surface area contributed by atoms with Gasteiger partial charge in [0.25, 0.3) is 0 Å². The number of pyridine rings is 1. The number of nitrogens with one attached hydrogen (secondary N) is 1. The third kappa shape index (κ3) is 6.52. The van der Waals surface area contributed by atoms with Gasteiger partial charge in [-0.1, -0.05) is 24.3 Å². The summed E-state index contributed by atoms with van der Waals surface area (Å²) in [5, 5.41) is 13.7. The number of rotatable bonds is 9. The highest BCUT2D eigenvalue weighted by Crippen LogP contribution is 2.37. The topological polar surface area (TPSA) is 93.5 Å². The SMILES string of the molecule is COc1cc2ncc(C#N)c(Nc3ccc(Oc4cccc(CC(=O)c5cccc(C(F)(F)F)c5)c4)cc3)c2cc1OC. The van der Waals surface area contributed by atoms with Crippen molar-refractivity contribution in [1.82, 2.24) is 4.98 Å². The average molecular weight is 584 g/mol. The molecule has 0 saturated heterocycles. The molecule has 7 nitrogen and oxygen atoms in total. The molecule has 4 aromatic carbocycles. The van der Waals surface area contributed by atoms with Crippen LogP contribution in [0, 0.1) is 11.3 Å². The number of anilines is 2. The number of Topliss-reactive ketones (excluding diaryl/α,β-unsaturated/α-hetero) is 1. The summed E-state index contributed by atoms with van der Waals surface area (Å²) in [5.41, 5.74) is 1.92. The molecule has 0 fully saturated rings. The average Bonchev–Trinajstić information content (AvgIpc) is 3.01. The van der Waals surface area contributed by atoms with Gasteiger partial charge in [-0.15, -0.1) is 0 Å². The van der Waals surface area contributed by atoms with E-state index in [9.17, 15) is 23.2 Å². The summed E-state index contributed by atoms with van der Waals surface area (Å²) in [5.74, 6) is 1.55. The Morgan fingerprint density at radius 2 is 1.63 bits per heavy atom. The summed E-state index contributed by atoms with van der Waals surface area (Å²) in [7, 11) is 3.06. The van der Waals surface area contributed by atoms with E-state index in [2.05, 4.69) is 16.4 Å². The molecule has 0 spiro atoms. The van der Waals surface area contributed by atoms with Crippen molar-refractivity contribution < 1.29 is 32.2 Å². The van der Waals surface area contributed by atoms with Crippen molar-refractivity contribution in [2.75, 3.05) is 19.5 Å². The minimum Gasteiger partial charge on any atom is -0.493 e. The molecule has 0 aliphatic rings. The van der Waals surface area contributed by atoms with E-state index in [1.54, 1.807) is 60.7 Å². The number of carbonyl (C=O) groups excluding carboxylic acids is 1. The van der Waals surface area contributed by atoms with Crippen LogP contribution in [0.4, 0.5) is 24.5 Å². The van der Waals surface area contributed by atoms with Crippen molar-refractivity contribution in [3.05, 3.63) is 113 Å². The third-order valence-electron chi connectivity index (χ3n) is 6.63. The number of halogens is 3. The van der Waals surface area contributed by atoms with Crippen molar-refractivity contribution in [1.29, 1.82) is 5.26 Å². The molecule has 1 N–H and O–H groups in total. The van der Waals surface area contributed by atoms with Crippen LogP contribution in [0.5, 0.6) is 23.0 Å². The van der Waals surface area contributed by atoms with Crippen molar-refractivity contribution in [2.24, 2.45) is 0 Å². The van der Waals surface area contributed by atoms with E-state index < -0.39 is 17.5 Å². The largest absolute Gasteiger partial charge is 0.493 e. The first-order chi connectivity index (χ1) is 20.7. The lowest BCUT2D eigenvalue weighted by atomic mass is 10.0. The van der Waals surface area contributed by atoms with E-state index in [0.29, 0.717) is 56.4 Å². The van der Waals surface area contributed by atoms with E-state index in [-0.39, 0.29) is 12.0 Å². The van der Waals surface area contributed by atoms with E-state index in [0.717, 1.165) is 12.1 Å². The van der Waals surface area contributed by atoms with Gasteiger partial charge in [0.05, 0.1) is 36.6 Å². The number of benzene rings is 4. The Morgan fingerprint density at radius 3 is 2.33 bits per heavy atom. The van der Waals surface area contributed by atoms with Crippen LogP contribution in [0.1, 0.15) is 27.0 Å². The third-order valence-corrected chi connectivity index (χ3v) is 6.63. The maximum Gasteiger partial charge on any atom is 0.416 e. The van der Waals surface area contributed by atoms with Gasteiger partial charge >= 0.3 is 6.18 Å². The molecular formula is C33H24F3N3O4. The van der Waals surface area contributed by atoms with Crippen LogP contribution in [-0.4, -0.2) is 25.0 Å². The zero-order chi connectivity index (χ0) is 30.6. The molecular weight excluding hydrogens is 559 g/mol. The van der Waals surface area contributed by atoms with Crippen LogP contribution in [-0.2, 0) is 12.6 Å². The van der Waals surface area contributed by atoms with Gasteiger partial charge in [0, 0.05) is 35.3 Å². The molecule has 1 aromatic heterocycles. The Hall–Kier alpha value is -5.56. The summed E-state index contributed by atoms with van der Waals surface area (Å²) < 4.78 is 55.9. The van der Waals surface area contributed by atoms with Crippen LogP contribution >= 0.6 is 0 Å². The first-order valence-electron chi connectivity index (χ1n) is 13.0. The zero-order valence-electron chi connectivity index (χ0n) is 23.0. The quantitative estimate of drug-likeness (QED) is 0.175. The molecule has 216 valence electrons. The molecule has 0 amide bonds. The molecule has 10 heteroatoms. The fourth-order valence-corrected chi connectivity index (χ4v) is 4.50. The Morgan fingerprint density at radius 1 is 0.907 bits per heavy atom. The summed E-state index contributed by atoms with van der Waals surface area (Å²) in [6.07, 6.45) is -3.13. The lowest BCUT2D eigenvalue weighted by Crippen LogP contribution is -2.09. The van der Waals surface area contributed by atoms with E-state index in [1.165, 1.54) is 32.5 Å². The molecule has 0 radical (unpaired) electrons. The summed E-state index contributed by atoms with van der Waals surface area (Å²) >= 11 is 0. The van der Waals surface area contributed by atoms with Gasteiger partial charge in [0.15, 0.2) is 17.3 Å². The van der Waals surface area contributed by atoms with Crippen molar-refractivity contribution in [2.45, 2.75) is 12.6 Å². The van der Waals surface area contributed by atoms with E-state index in [1.807, 2.05) is 0 Å².